The molecule has 2 fully saturated rings. The van der Waals surface area contributed by atoms with Crippen molar-refractivity contribution in [1.82, 2.24) is 10.2 Å². The Bertz CT molecular complexity index is 597. The van der Waals surface area contributed by atoms with Crippen molar-refractivity contribution in [2.24, 2.45) is 5.92 Å². The molecule has 1 atom stereocenters. The van der Waals surface area contributed by atoms with E-state index in [1.165, 1.54) is 6.07 Å². The molecule has 2 heterocycles. The minimum atomic E-state index is -0.163. The smallest absolute Gasteiger partial charge is 0.317 e. The number of urea groups is 1. The molecule has 1 aromatic rings. The SMILES string of the molecule is CC(C)NC(=O)N1CCC2(CC1)C[C@@H](Cc1cccc(F)c1)CCO2. The van der Waals surface area contributed by atoms with Crippen molar-refractivity contribution >= 4 is 6.03 Å². The molecule has 0 aromatic heterocycles. The zero-order valence-corrected chi connectivity index (χ0v) is 15.3. The maximum atomic E-state index is 13.4. The normalized spacial score (nSPS) is 23.0. The highest BCUT2D eigenvalue weighted by molar-refractivity contribution is 5.74. The quantitative estimate of drug-likeness (QED) is 0.904. The van der Waals surface area contributed by atoms with Crippen LogP contribution in [0.3, 0.4) is 0 Å². The Morgan fingerprint density at radius 3 is 2.84 bits per heavy atom. The van der Waals surface area contributed by atoms with Gasteiger partial charge in [0.1, 0.15) is 5.82 Å². The number of carbonyl (C=O) groups is 1. The van der Waals surface area contributed by atoms with Gasteiger partial charge in [0.15, 0.2) is 0 Å². The Morgan fingerprint density at radius 2 is 2.16 bits per heavy atom. The van der Waals surface area contributed by atoms with Gasteiger partial charge in [-0.05, 0) is 69.6 Å². The molecule has 0 aliphatic carbocycles. The molecule has 1 aromatic carbocycles. The monoisotopic (exact) mass is 348 g/mol. The van der Waals surface area contributed by atoms with Gasteiger partial charge in [0.2, 0.25) is 0 Å². The first-order valence-corrected chi connectivity index (χ1v) is 9.40. The average Bonchev–Trinajstić information content (AvgIpc) is 2.55. The molecule has 4 nitrogen and oxygen atoms in total. The Labute approximate surface area is 149 Å². The highest BCUT2D eigenvalue weighted by Crippen LogP contribution is 2.38. The van der Waals surface area contributed by atoms with Crippen LogP contribution >= 0.6 is 0 Å². The van der Waals surface area contributed by atoms with Crippen LogP contribution in [0.1, 0.15) is 45.1 Å². The number of amides is 2. The third-order valence-electron chi connectivity index (χ3n) is 5.38. The number of hydrogen-bond acceptors (Lipinski definition) is 2. The largest absolute Gasteiger partial charge is 0.375 e. The lowest BCUT2D eigenvalue weighted by Crippen LogP contribution is -2.53. The number of halogens is 1. The summed E-state index contributed by atoms with van der Waals surface area (Å²) in [5.41, 5.74) is 0.959. The maximum absolute atomic E-state index is 13.4. The predicted molar refractivity (Wildman–Crippen MR) is 96.0 cm³/mol. The first-order valence-electron chi connectivity index (χ1n) is 9.40. The van der Waals surface area contributed by atoms with Crippen molar-refractivity contribution in [3.63, 3.8) is 0 Å². The first-order chi connectivity index (χ1) is 12.0. The number of rotatable bonds is 3. The van der Waals surface area contributed by atoms with Gasteiger partial charge < -0.3 is 15.0 Å². The number of benzene rings is 1. The lowest BCUT2D eigenvalue weighted by Gasteiger charge is -2.46. The van der Waals surface area contributed by atoms with E-state index in [0.717, 1.165) is 57.4 Å². The minimum Gasteiger partial charge on any atom is -0.375 e. The van der Waals surface area contributed by atoms with Crippen molar-refractivity contribution in [2.45, 2.75) is 57.6 Å². The van der Waals surface area contributed by atoms with E-state index in [2.05, 4.69) is 5.32 Å². The van der Waals surface area contributed by atoms with Crippen LogP contribution in [0.5, 0.6) is 0 Å². The molecule has 3 rings (SSSR count). The van der Waals surface area contributed by atoms with E-state index >= 15 is 0 Å². The number of likely N-dealkylation sites (tertiary alicyclic amines) is 1. The molecule has 0 bridgehead atoms. The van der Waals surface area contributed by atoms with Crippen LogP contribution in [0.4, 0.5) is 9.18 Å². The van der Waals surface area contributed by atoms with Crippen molar-refractivity contribution < 1.29 is 13.9 Å². The first kappa shape index (κ1) is 18.2. The van der Waals surface area contributed by atoms with Crippen LogP contribution in [0.25, 0.3) is 0 Å². The van der Waals surface area contributed by atoms with Crippen molar-refractivity contribution in [3.8, 4) is 0 Å². The lowest BCUT2D eigenvalue weighted by atomic mass is 9.77. The topological polar surface area (TPSA) is 41.6 Å². The second-order valence-electron chi connectivity index (χ2n) is 7.82. The van der Waals surface area contributed by atoms with Crippen LogP contribution < -0.4 is 5.32 Å². The third kappa shape index (κ3) is 4.72. The highest BCUT2D eigenvalue weighted by atomic mass is 19.1. The molecule has 2 aliphatic rings. The van der Waals surface area contributed by atoms with Gasteiger partial charge in [0.25, 0.3) is 0 Å². The van der Waals surface area contributed by atoms with Gasteiger partial charge in [-0.2, -0.15) is 0 Å². The summed E-state index contributed by atoms with van der Waals surface area (Å²) < 4.78 is 19.6. The van der Waals surface area contributed by atoms with Gasteiger partial charge in [0.05, 0.1) is 5.60 Å². The summed E-state index contributed by atoms with van der Waals surface area (Å²) in [7, 11) is 0. The number of piperidine rings is 1. The summed E-state index contributed by atoms with van der Waals surface area (Å²) >= 11 is 0. The van der Waals surface area contributed by atoms with E-state index in [-0.39, 0.29) is 23.5 Å². The summed E-state index contributed by atoms with van der Waals surface area (Å²) in [6.45, 7) is 6.20. The molecule has 0 unspecified atom stereocenters. The van der Waals surface area contributed by atoms with E-state index in [0.29, 0.717) is 5.92 Å². The van der Waals surface area contributed by atoms with E-state index in [4.69, 9.17) is 4.74 Å². The fourth-order valence-corrected chi connectivity index (χ4v) is 4.10. The zero-order valence-electron chi connectivity index (χ0n) is 15.3. The van der Waals surface area contributed by atoms with Crippen molar-refractivity contribution in [1.29, 1.82) is 0 Å². The Balaban J connectivity index is 1.55. The summed E-state index contributed by atoms with van der Waals surface area (Å²) in [6.07, 6.45) is 4.70. The number of carbonyl (C=O) groups excluding carboxylic acids is 1. The van der Waals surface area contributed by atoms with Gasteiger partial charge in [0, 0.05) is 25.7 Å². The molecule has 138 valence electrons. The Morgan fingerprint density at radius 1 is 1.40 bits per heavy atom. The maximum Gasteiger partial charge on any atom is 0.317 e. The van der Waals surface area contributed by atoms with Gasteiger partial charge in [-0.15, -0.1) is 0 Å². The van der Waals surface area contributed by atoms with Crippen molar-refractivity contribution in [2.75, 3.05) is 19.7 Å². The molecule has 25 heavy (non-hydrogen) atoms. The molecule has 1 N–H and O–H groups in total. The van der Waals surface area contributed by atoms with Crippen LogP contribution in [0.2, 0.25) is 0 Å². The predicted octanol–water partition coefficient (Wildman–Crippen LogP) is 3.75. The van der Waals surface area contributed by atoms with Crippen LogP contribution in [0.15, 0.2) is 24.3 Å². The van der Waals surface area contributed by atoms with Crippen LogP contribution in [-0.4, -0.2) is 42.3 Å². The lowest BCUT2D eigenvalue weighted by molar-refractivity contribution is -0.122. The third-order valence-corrected chi connectivity index (χ3v) is 5.38. The van der Waals surface area contributed by atoms with Gasteiger partial charge >= 0.3 is 6.03 Å². The summed E-state index contributed by atoms with van der Waals surface area (Å²) in [6, 6.07) is 7.10. The summed E-state index contributed by atoms with van der Waals surface area (Å²) in [5, 5.41) is 2.96. The standard InChI is InChI=1S/C20H29FN2O2/c1-15(2)22-19(24)23-9-7-20(8-10-23)14-17(6-11-25-20)12-16-4-3-5-18(21)13-16/h3-5,13,15,17H,6-12,14H2,1-2H3,(H,22,24)/t17-/m1/s1. The molecule has 2 saturated heterocycles. The highest BCUT2D eigenvalue weighted by Gasteiger charge is 2.41. The minimum absolute atomic E-state index is 0.0250. The molecule has 0 saturated carbocycles. The second-order valence-corrected chi connectivity index (χ2v) is 7.82. The van der Waals surface area contributed by atoms with Gasteiger partial charge in [-0.25, -0.2) is 9.18 Å². The molecule has 1 spiro atoms. The van der Waals surface area contributed by atoms with Gasteiger partial charge in [-0.1, -0.05) is 12.1 Å². The Hall–Kier alpha value is -1.62. The van der Waals surface area contributed by atoms with Crippen LogP contribution in [0, 0.1) is 11.7 Å². The molecule has 5 heteroatoms. The molecular formula is C20H29FN2O2. The van der Waals surface area contributed by atoms with Crippen LogP contribution in [-0.2, 0) is 11.2 Å². The average molecular weight is 348 g/mol. The molecular weight excluding hydrogens is 319 g/mol. The van der Waals surface area contributed by atoms with Crippen molar-refractivity contribution in [3.05, 3.63) is 35.6 Å². The fourth-order valence-electron chi connectivity index (χ4n) is 4.10. The molecule has 0 radical (unpaired) electrons. The summed E-state index contributed by atoms with van der Waals surface area (Å²) in [5.74, 6) is 0.357. The fraction of sp³-hybridized carbons (Fsp3) is 0.650. The van der Waals surface area contributed by atoms with E-state index < -0.39 is 0 Å². The number of ether oxygens (including phenoxy) is 1. The number of nitrogens with one attached hydrogen (secondary N) is 1. The Kier molecular flexibility index (Phi) is 5.62. The molecule has 2 aliphatic heterocycles. The van der Waals surface area contributed by atoms with E-state index in [1.54, 1.807) is 12.1 Å². The second kappa shape index (κ2) is 7.73. The summed E-state index contributed by atoms with van der Waals surface area (Å²) in [4.78, 5) is 14.0. The van der Waals surface area contributed by atoms with Gasteiger partial charge in [-0.3, -0.25) is 0 Å². The zero-order chi connectivity index (χ0) is 17.9. The number of hydrogen-bond donors (Lipinski definition) is 1. The van der Waals surface area contributed by atoms with E-state index in [1.807, 2.05) is 24.8 Å². The number of nitrogens with zero attached hydrogens (tertiary/aromatic N) is 1. The van der Waals surface area contributed by atoms with E-state index in [9.17, 15) is 9.18 Å². The molecule has 2 amide bonds.